The van der Waals surface area contributed by atoms with Crippen LogP contribution in [0.3, 0.4) is 0 Å². The molecule has 0 aromatic carbocycles. The molecule has 120 valence electrons. The van der Waals surface area contributed by atoms with E-state index in [1.54, 1.807) is 11.2 Å². The molecule has 1 aromatic heterocycles. The smallest absolute Gasteiger partial charge is 0.246 e. The summed E-state index contributed by atoms with van der Waals surface area (Å²) in [6.45, 7) is 9.44. The average Bonchev–Trinajstić information content (AvgIpc) is 2.71. The van der Waals surface area contributed by atoms with E-state index in [9.17, 15) is 8.42 Å². The molecule has 1 saturated heterocycles. The molecular formula is C14H25N3O3S. The van der Waals surface area contributed by atoms with Crippen LogP contribution in [-0.2, 0) is 16.6 Å². The molecule has 7 heteroatoms. The predicted molar refractivity (Wildman–Crippen MR) is 81.8 cm³/mol. The number of piperazine rings is 1. The lowest BCUT2D eigenvalue weighted by atomic mass is 10.2. The van der Waals surface area contributed by atoms with Gasteiger partial charge >= 0.3 is 0 Å². The van der Waals surface area contributed by atoms with Gasteiger partial charge in [-0.1, -0.05) is 6.92 Å². The third-order valence-electron chi connectivity index (χ3n) is 3.94. The highest BCUT2D eigenvalue weighted by Gasteiger charge is 2.33. The molecule has 0 saturated carbocycles. The van der Waals surface area contributed by atoms with Crippen LogP contribution in [0.2, 0.25) is 0 Å². The molecule has 2 heterocycles. The van der Waals surface area contributed by atoms with Gasteiger partial charge in [0.05, 0.1) is 0 Å². The Morgan fingerprint density at radius 2 is 1.76 bits per heavy atom. The summed E-state index contributed by atoms with van der Waals surface area (Å²) in [5.74, 6) is 1.17. The van der Waals surface area contributed by atoms with Crippen molar-refractivity contribution in [2.75, 3.05) is 39.8 Å². The van der Waals surface area contributed by atoms with E-state index in [4.69, 9.17) is 4.42 Å². The maximum Gasteiger partial charge on any atom is 0.246 e. The van der Waals surface area contributed by atoms with Crippen molar-refractivity contribution in [3.05, 3.63) is 17.1 Å². The van der Waals surface area contributed by atoms with Gasteiger partial charge < -0.3 is 14.6 Å². The molecule has 0 unspecified atom stereocenters. The molecule has 1 N–H and O–H groups in total. The Kier molecular flexibility index (Phi) is 5.08. The van der Waals surface area contributed by atoms with Crippen molar-refractivity contribution in [1.82, 2.24) is 14.5 Å². The SMILES string of the molecule is CCNCc1c(C)oc(C)c1S(=O)(=O)N1CCN(C)CC1. The van der Waals surface area contributed by atoms with E-state index < -0.39 is 10.0 Å². The van der Waals surface area contributed by atoms with E-state index in [2.05, 4.69) is 10.2 Å². The van der Waals surface area contributed by atoms with Gasteiger partial charge in [0.1, 0.15) is 16.4 Å². The fourth-order valence-corrected chi connectivity index (χ4v) is 4.49. The number of sulfonamides is 1. The highest BCUT2D eigenvalue weighted by Crippen LogP contribution is 2.29. The topological polar surface area (TPSA) is 65.8 Å². The summed E-state index contributed by atoms with van der Waals surface area (Å²) >= 11 is 0. The molecule has 1 aromatic rings. The number of nitrogens with zero attached hydrogens (tertiary/aromatic N) is 2. The summed E-state index contributed by atoms with van der Waals surface area (Å²) in [6, 6.07) is 0. The van der Waals surface area contributed by atoms with Gasteiger partial charge in [-0.05, 0) is 27.4 Å². The van der Waals surface area contributed by atoms with Gasteiger partial charge in [0.25, 0.3) is 0 Å². The number of nitrogens with one attached hydrogen (secondary N) is 1. The molecule has 1 aliphatic heterocycles. The summed E-state index contributed by atoms with van der Waals surface area (Å²) in [5, 5.41) is 3.19. The first-order valence-corrected chi connectivity index (χ1v) is 8.80. The normalized spacial score (nSPS) is 18.3. The molecule has 2 rings (SSSR count). The van der Waals surface area contributed by atoms with Gasteiger partial charge in [0.15, 0.2) is 0 Å². The van der Waals surface area contributed by atoms with Gasteiger partial charge in [-0.25, -0.2) is 8.42 Å². The van der Waals surface area contributed by atoms with E-state index in [1.807, 2.05) is 20.9 Å². The zero-order valence-corrected chi connectivity index (χ0v) is 14.1. The second-order valence-electron chi connectivity index (χ2n) is 5.51. The van der Waals surface area contributed by atoms with E-state index in [0.29, 0.717) is 36.1 Å². The minimum absolute atomic E-state index is 0.352. The Bertz CT molecular complexity index is 587. The number of aryl methyl sites for hydroxylation is 2. The van der Waals surface area contributed by atoms with E-state index in [0.717, 1.165) is 25.2 Å². The van der Waals surface area contributed by atoms with Crippen molar-refractivity contribution >= 4 is 10.0 Å². The highest BCUT2D eigenvalue weighted by molar-refractivity contribution is 7.89. The molecule has 1 aliphatic rings. The maximum absolute atomic E-state index is 12.9. The Labute approximate surface area is 127 Å². The summed E-state index contributed by atoms with van der Waals surface area (Å²) in [7, 11) is -1.48. The van der Waals surface area contributed by atoms with E-state index in [-0.39, 0.29) is 0 Å². The molecule has 0 amide bonds. The third kappa shape index (κ3) is 3.31. The van der Waals surface area contributed by atoms with Crippen LogP contribution in [0.15, 0.2) is 9.31 Å². The quantitative estimate of drug-likeness (QED) is 0.876. The van der Waals surface area contributed by atoms with Crippen LogP contribution in [0.4, 0.5) is 0 Å². The van der Waals surface area contributed by atoms with Gasteiger partial charge in [-0.3, -0.25) is 0 Å². The standard InChI is InChI=1S/C14H25N3O3S/c1-5-15-10-13-11(2)20-12(3)14(13)21(18,19)17-8-6-16(4)7-9-17/h15H,5-10H2,1-4H3. The van der Waals surface area contributed by atoms with Gasteiger partial charge in [-0.15, -0.1) is 0 Å². The molecule has 0 atom stereocenters. The molecule has 21 heavy (non-hydrogen) atoms. The lowest BCUT2D eigenvalue weighted by Gasteiger charge is -2.31. The van der Waals surface area contributed by atoms with Crippen LogP contribution in [0.5, 0.6) is 0 Å². The minimum atomic E-state index is -3.48. The maximum atomic E-state index is 12.9. The van der Waals surface area contributed by atoms with Crippen LogP contribution in [0.1, 0.15) is 24.0 Å². The van der Waals surface area contributed by atoms with Crippen LogP contribution >= 0.6 is 0 Å². The first-order valence-electron chi connectivity index (χ1n) is 7.36. The lowest BCUT2D eigenvalue weighted by Crippen LogP contribution is -2.47. The Hall–Kier alpha value is -0.890. The van der Waals surface area contributed by atoms with Crippen molar-refractivity contribution < 1.29 is 12.8 Å². The van der Waals surface area contributed by atoms with Crippen LogP contribution < -0.4 is 5.32 Å². The van der Waals surface area contributed by atoms with Crippen molar-refractivity contribution in [3.63, 3.8) is 0 Å². The van der Waals surface area contributed by atoms with Crippen LogP contribution in [-0.4, -0.2) is 57.4 Å². The second-order valence-corrected chi connectivity index (χ2v) is 7.38. The van der Waals surface area contributed by atoms with E-state index >= 15 is 0 Å². The van der Waals surface area contributed by atoms with E-state index in [1.165, 1.54) is 0 Å². The largest absolute Gasteiger partial charge is 0.465 e. The Balaban J connectivity index is 2.35. The number of hydrogen-bond donors (Lipinski definition) is 1. The number of likely N-dealkylation sites (N-methyl/N-ethyl adjacent to an activating group) is 1. The van der Waals surface area contributed by atoms with Gasteiger partial charge in [0, 0.05) is 38.3 Å². The predicted octanol–water partition coefficient (Wildman–Crippen LogP) is 0.942. The summed E-state index contributed by atoms with van der Waals surface area (Å²) in [5.41, 5.74) is 0.758. The molecule has 1 fully saturated rings. The molecule has 6 nitrogen and oxygen atoms in total. The van der Waals surface area contributed by atoms with Crippen molar-refractivity contribution in [2.24, 2.45) is 0 Å². The summed E-state index contributed by atoms with van der Waals surface area (Å²) in [4.78, 5) is 2.49. The number of hydrogen-bond acceptors (Lipinski definition) is 5. The van der Waals surface area contributed by atoms with Gasteiger partial charge in [-0.2, -0.15) is 4.31 Å². The lowest BCUT2D eigenvalue weighted by molar-refractivity contribution is 0.222. The van der Waals surface area contributed by atoms with Crippen molar-refractivity contribution in [1.29, 1.82) is 0 Å². The van der Waals surface area contributed by atoms with Crippen molar-refractivity contribution in [3.8, 4) is 0 Å². The number of rotatable bonds is 5. The van der Waals surface area contributed by atoms with Crippen molar-refractivity contribution in [2.45, 2.75) is 32.2 Å². The Morgan fingerprint density at radius 1 is 1.14 bits per heavy atom. The van der Waals surface area contributed by atoms with Crippen LogP contribution in [0.25, 0.3) is 0 Å². The molecule has 0 bridgehead atoms. The average molecular weight is 315 g/mol. The first-order chi connectivity index (χ1) is 9.87. The minimum Gasteiger partial charge on any atom is -0.465 e. The van der Waals surface area contributed by atoms with Gasteiger partial charge in [0.2, 0.25) is 10.0 Å². The zero-order valence-electron chi connectivity index (χ0n) is 13.3. The third-order valence-corrected chi connectivity index (χ3v) is 6.03. The monoisotopic (exact) mass is 315 g/mol. The second kappa shape index (κ2) is 6.48. The first kappa shape index (κ1) is 16.5. The summed E-state index contributed by atoms with van der Waals surface area (Å²) in [6.07, 6.45) is 0. The highest BCUT2D eigenvalue weighted by atomic mass is 32.2. The molecule has 0 radical (unpaired) electrons. The molecular weight excluding hydrogens is 290 g/mol. The fraction of sp³-hybridized carbons (Fsp3) is 0.714. The zero-order chi connectivity index (χ0) is 15.6. The fourth-order valence-electron chi connectivity index (χ4n) is 2.66. The molecule has 0 spiro atoms. The Morgan fingerprint density at radius 3 is 2.33 bits per heavy atom. The van der Waals surface area contributed by atoms with Crippen LogP contribution in [0, 0.1) is 13.8 Å². The summed E-state index contributed by atoms with van der Waals surface area (Å²) < 4.78 is 33.0. The number of furan rings is 1. The molecule has 0 aliphatic carbocycles.